The lowest BCUT2D eigenvalue weighted by Crippen LogP contribution is -2.36. The Morgan fingerprint density at radius 1 is 1.08 bits per heavy atom. The van der Waals surface area contributed by atoms with Gasteiger partial charge < -0.3 is 31.1 Å². The van der Waals surface area contributed by atoms with Crippen molar-refractivity contribution in [3.8, 4) is 5.75 Å². The van der Waals surface area contributed by atoms with E-state index in [-0.39, 0.29) is 12.3 Å². The van der Waals surface area contributed by atoms with Gasteiger partial charge in [0.2, 0.25) is 0 Å². The summed E-state index contributed by atoms with van der Waals surface area (Å²) < 4.78 is 23.3. The number of urea groups is 1. The molecule has 37 heavy (non-hydrogen) atoms. The van der Waals surface area contributed by atoms with Crippen LogP contribution >= 0.6 is 11.6 Å². The second-order valence-electron chi connectivity index (χ2n) is 8.12. The van der Waals surface area contributed by atoms with Gasteiger partial charge in [-0.2, -0.15) is 0 Å². The molecule has 0 saturated heterocycles. The van der Waals surface area contributed by atoms with E-state index in [9.17, 15) is 33.0 Å². The molecule has 3 aromatic rings. The van der Waals surface area contributed by atoms with Crippen LogP contribution in [-0.4, -0.2) is 35.2 Å². The molecule has 1 aromatic heterocycles. The molecule has 6 N–H and O–H groups in total. The van der Waals surface area contributed by atoms with Crippen LogP contribution in [0.2, 0.25) is 5.02 Å². The average Bonchev–Trinajstić information content (AvgIpc) is 2.84. The molecule has 13 heteroatoms. The number of nitrogens with zero attached hydrogens (tertiary/aromatic N) is 1. The number of aromatic hydroxyl groups is 1. The molecule has 0 aliphatic rings. The molecular weight excluding hydrogens is 524 g/mol. The third-order valence-electron chi connectivity index (χ3n) is 5.45. The molecule has 0 unspecified atom stereocenters. The number of hydrogen-bond donors (Lipinski definition) is 6. The molecule has 0 bridgehead atoms. The molecule has 2 aromatic carbocycles. The molecule has 1 heterocycles. The van der Waals surface area contributed by atoms with E-state index >= 15 is 0 Å². The number of aromatic nitrogens is 1. The second kappa shape index (κ2) is 12.4. The maximum Gasteiger partial charge on any atom is 0.319 e. The van der Waals surface area contributed by atoms with Crippen LogP contribution in [0.25, 0.3) is 0 Å². The third-order valence-corrected chi connectivity index (χ3v) is 6.44. The number of nitrogens with one attached hydrogen (secondary N) is 2. The van der Waals surface area contributed by atoms with Gasteiger partial charge >= 0.3 is 12.0 Å². The van der Waals surface area contributed by atoms with E-state index < -0.39 is 52.2 Å². The highest BCUT2D eigenvalue weighted by atomic mass is 35.5. The summed E-state index contributed by atoms with van der Waals surface area (Å²) in [6.45, 7) is 0.234. The number of pyridine rings is 1. The Morgan fingerprint density at radius 2 is 1.76 bits per heavy atom. The van der Waals surface area contributed by atoms with Crippen molar-refractivity contribution < 1.29 is 28.2 Å². The molecule has 196 valence electrons. The predicted octanol–water partition coefficient (Wildman–Crippen LogP) is 2.16. The van der Waals surface area contributed by atoms with E-state index in [1.54, 1.807) is 36.4 Å². The number of nitrogens with two attached hydrogens (primary N) is 1. The van der Waals surface area contributed by atoms with Gasteiger partial charge in [0, 0.05) is 17.8 Å². The predicted molar refractivity (Wildman–Crippen MR) is 138 cm³/mol. The van der Waals surface area contributed by atoms with Gasteiger partial charge in [-0.3, -0.25) is 9.59 Å². The maximum absolute atomic E-state index is 13.0. The van der Waals surface area contributed by atoms with Crippen LogP contribution in [0.3, 0.4) is 0 Å². The van der Waals surface area contributed by atoms with Gasteiger partial charge in [-0.1, -0.05) is 48.0 Å². The van der Waals surface area contributed by atoms with Gasteiger partial charge in [0.05, 0.1) is 24.8 Å². The number of carboxylic acid groups (broad SMARTS) is 1. The van der Waals surface area contributed by atoms with Crippen molar-refractivity contribution in [3.05, 3.63) is 92.4 Å². The van der Waals surface area contributed by atoms with Crippen LogP contribution in [0.4, 0.5) is 10.5 Å². The first-order chi connectivity index (χ1) is 17.6. The quantitative estimate of drug-likeness (QED) is 0.208. The highest BCUT2D eigenvalue weighted by Crippen LogP contribution is 2.22. The minimum absolute atomic E-state index is 0.0626. The van der Waals surface area contributed by atoms with Crippen molar-refractivity contribution in [2.45, 2.75) is 31.3 Å². The molecule has 0 aliphatic carbocycles. The molecule has 0 aliphatic heterocycles. The lowest BCUT2D eigenvalue weighted by Gasteiger charge is -2.19. The number of anilines is 1. The standard InChI is InChI=1S/C24H25ClN4O7S/c25-18-6-3-15(13-37(35)36)9-17(18)12-29-8-7-20(30)22(23(29)33)28-24(34)27-19(10-21(31)32)16-4-1-14(11-26)2-5-16/h1-9,19,30,37H,10-13,26H2,(H,31,32)(H2,27,28,34)/t19-/m0/s1. The highest BCUT2D eigenvalue weighted by molar-refractivity contribution is 7.71. The molecular formula is C24H25ClN4O7S. The van der Waals surface area contributed by atoms with E-state index in [0.29, 0.717) is 28.3 Å². The lowest BCUT2D eigenvalue weighted by atomic mass is 10.0. The number of hydrogen-bond acceptors (Lipinski definition) is 7. The number of carbonyl (C=O) groups excluding carboxylic acids is 1. The monoisotopic (exact) mass is 548 g/mol. The van der Waals surface area contributed by atoms with Crippen molar-refractivity contribution in [3.63, 3.8) is 0 Å². The highest BCUT2D eigenvalue weighted by Gasteiger charge is 2.20. The van der Waals surface area contributed by atoms with Crippen LogP contribution < -0.4 is 21.9 Å². The molecule has 11 nitrogen and oxygen atoms in total. The summed E-state index contributed by atoms with van der Waals surface area (Å²) in [5.41, 5.74) is 6.69. The molecule has 0 saturated carbocycles. The minimum atomic E-state index is -2.66. The van der Waals surface area contributed by atoms with E-state index in [4.69, 9.17) is 17.3 Å². The van der Waals surface area contributed by atoms with Crippen molar-refractivity contribution in [2.75, 3.05) is 5.32 Å². The summed E-state index contributed by atoms with van der Waals surface area (Å²) >= 11 is 6.22. The SMILES string of the molecule is NCc1ccc([C@H](CC(=O)O)NC(=O)Nc2c(O)ccn(Cc3cc(C[SH](=O)=O)ccc3Cl)c2=O)cc1. The average molecular weight is 549 g/mol. The smallest absolute Gasteiger partial charge is 0.319 e. The number of benzene rings is 2. The first-order valence-corrected chi connectivity index (χ1v) is 12.7. The van der Waals surface area contributed by atoms with Gasteiger partial charge in [-0.25, -0.2) is 13.2 Å². The zero-order valence-electron chi connectivity index (χ0n) is 19.4. The fourth-order valence-electron chi connectivity index (χ4n) is 3.61. The van der Waals surface area contributed by atoms with Crippen molar-refractivity contribution in [2.24, 2.45) is 5.73 Å². The minimum Gasteiger partial charge on any atom is -0.505 e. The topological polar surface area (TPSA) is 181 Å². The number of carboxylic acids is 1. The number of carbonyl (C=O) groups is 2. The summed E-state index contributed by atoms with van der Waals surface area (Å²) in [7, 11) is -2.66. The Bertz CT molecular complexity index is 1430. The fraction of sp³-hybridized carbons (Fsp3) is 0.208. The Hall–Kier alpha value is -3.87. The van der Waals surface area contributed by atoms with E-state index in [1.807, 2.05) is 0 Å². The Labute approximate surface area is 218 Å². The third kappa shape index (κ3) is 7.56. The van der Waals surface area contributed by atoms with Crippen molar-refractivity contribution in [1.29, 1.82) is 0 Å². The van der Waals surface area contributed by atoms with Gasteiger partial charge in [0.1, 0.15) is 16.5 Å². The van der Waals surface area contributed by atoms with E-state index in [2.05, 4.69) is 10.6 Å². The number of rotatable bonds is 10. The summed E-state index contributed by atoms with van der Waals surface area (Å²) in [6.07, 6.45) is 0.869. The summed E-state index contributed by atoms with van der Waals surface area (Å²) in [4.78, 5) is 37.1. The fourth-order valence-corrected chi connectivity index (χ4v) is 4.28. The number of amides is 2. The van der Waals surface area contributed by atoms with Gasteiger partial charge in [-0.15, -0.1) is 0 Å². The summed E-state index contributed by atoms with van der Waals surface area (Å²) in [5, 5.41) is 24.6. The Kier molecular flexibility index (Phi) is 9.28. The summed E-state index contributed by atoms with van der Waals surface area (Å²) in [5.74, 6) is -1.84. The normalized spacial score (nSPS) is 11.8. The van der Waals surface area contributed by atoms with Gasteiger partial charge in [-0.05, 0) is 34.4 Å². The number of thiol groups is 1. The molecule has 2 amide bonds. The number of aliphatic carboxylic acids is 1. The van der Waals surface area contributed by atoms with Crippen molar-refractivity contribution in [1.82, 2.24) is 9.88 Å². The van der Waals surface area contributed by atoms with Crippen LogP contribution in [0.5, 0.6) is 5.75 Å². The molecule has 3 rings (SSSR count). The van der Waals surface area contributed by atoms with Crippen LogP contribution in [0, 0.1) is 0 Å². The van der Waals surface area contributed by atoms with Crippen molar-refractivity contribution >= 4 is 40.0 Å². The van der Waals surface area contributed by atoms with Gasteiger partial charge in [0.25, 0.3) is 5.56 Å². The molecule has 0 spiro atoms. The first-order valence-electron chi connectivity index (χ1n) is 11.0. The Morgan fingerprint density at radius 3 is 2.38 bits per heavy atom. The van der Waals surface area contributed by atoms with E-state index in [0.717, 1.165) is 5.56 Å². The lowest BCUT2D eigenvalue weighted by molar-refractivity contribution is -0.137. The zero-order chi connectivity index (χ0) is 27.1. The first kappa shape index (κ1) is 27.7. The zero-order valence-corrected chi connectivity index (χ0v) is 21.0. The number of halogens is 1. The maximum atomic E-state index is 13.0. The van der Waals surface area contributed by atoms with Gasteiger partial charge in [0.15, 0.2) is 5.69 Å². The van der Waals surface area contributed by atoms with Crippen LogP contribution in [0.15, 0.2) is 59.5 Å². The molecule has 0 radical (unpaired) electrons. The van der Waals surface area contributed by atoms with E-state index in [1.165, 1.54) is 22.9 Å². The largest absolute Gasteiger partial charge is 0.505 e. The second-order valence-corrected chi connectivity index (χ2v) is 9.51. The summed E-state index contributed by atoms with van der Waals surface area (Å²) in [6, 6.07) is 10.7. The molecule has 0 fully saturated rings. The van der Waals surface area contributed by atoms with Crippen LogP contribution in [0.1, 0.15) is 34.7 Å². The Balaban J connectivity index is 1.83. The van der Waals surface area contributed by atoms with Crippen LogP contribution in [-0.2, 0) is 34.3 Å². The molecule has 1 atom stereocenters.